The molecule has 0 atom stereocenters. The van der Waals surface area contributed by atoms with Gasteiger partial charge in [-0.25, -0.2) is 9.97 Å². The lowest BCUT2D eigenvalue weighted by molar-refractivity contribution is 0.0949. The fourth-order valence-electron chi connectivity index (χ4n) is 2.28. The second kappa shape index (κ2) is 10.2. The van der Waals surface area contributed by atoms with E-state index in [1.165, 1.54) is 0 Å². The summed E-state index contributed by atoms with van der Waals surface area (Å²) in [6.07, 6.45) is 2.21. The summed E-state index contributed by atoms with van der Waals surface area (Å²) in [5.74, 6) is 1.49. The number of nitrogens with zero attached hydrogens (tertiary/aromatic N) is 2. The fourth-order valence-corrected chi connectivity index (χ4v) is 2.28. The van der Waals surface area contributed by atoms with Gasteiger partial charge in [-0.3, -0.25) is 4.79 Å². The first-order chi connectivity index (χ1) is 12.7. The van der Waals surface area contributed by atoms with Gasteiger partial charge in [0, 0.05) is 26.4 Å². The van der Waals surface area contributed by atoms with E-state index in [1.54, 1.807) is 33.6 Å². The topological polar surface area (TPSA) is 94.6 Å². The third-order valence-electron chi connectivity index (χ3n) is 3.62. The highest BCUT2D eigenvalue weighted by molar-refractivity contribution is 5.92. The van der Waals surface area contributed by atoms with E-state index >= 15 is 0 Å². The van der Waals surface area contributed by atoms with Crippen LogP contribution in [0.15, 0.2) is 30.5 Å². The molecule has 1 aromatic carbocycles. The second-order valence-electron chi connectivity index (χ2n) is 5.38. The number of anilines is 1. The van der Waals surface area contributed by atoms with Gasteiger partial charge in [0.1, 0.15) is 5.69 Å². The summed E-state index contributed by atoms with van der Waals surface area (Å²) in [6.45, 7) is 1.58. The number of carbonyl (C=O) groups excluding carboxylic acids is 1. The van der Waals surface area contributed by atoms with Crippen LogP contribution in [-0.4, -0.2) is 56.9 Å². The Balaban J connectivity index is 1.88. The number of nitrogens with one attached hydrogen (secondary N) is 2. The van der Waals surface area contributed by atoms with Crippen molar-refractivity contribution in [2.75, 3.05) is 46.3 Å². The van der Waals surface area contributed by atoms with Crippen molar-refractivity contribution in [1.29, 1.82) is 0 Å². The molecule has 0 radical (unpaired) electrons. The van der Waals surface area contributed by atoms with Gasteiger partial charge >= 0.3 is 0 Å². The van der Waals surface area contributed by atoms with Crippen molar-refractivity contribution in [2.45, 2.75) is 6.42 Å². The minimum absolute atomic E-state index is 0.248. The van der Waals surface area contributed by atoms with E-state index in [0.29, 0.717) is 49.3 Å². The Labute approximate surface area is 152 Å². The van der Waals surface area contributed by atoms with Gasteiger partial charge in [-0.05, 0) is 30.2 Å². The van der Waals surface area contributed by atoms with Gasteiger partial charge in [-0.15, -0.1) is 0 Å². The quantitative estimate of drug-likeness (QED) is 0.620. The summed E-state index contributed by atoms with van der Waals surface area (Å²) in [7, 11) is 4.81. The van der Waals surface area contributed by atoms with Gasteiger partial charge < -0.3 is 24.8 Å². The average Bonchev–Trinajstić information content (AvgIpc) is 2.68. The summed E-state index contributed by atoms with van der Waals surface area (Å²) in [5.41, 5.74) is 1.35. The molecule has 8 heteroatoms. The summed E-state index contributed by atoms with van der Waals surface area (Å²) in [5, 5.41) is 5.85. The molecule has 140 valence electrons. The van der Waals surface area contributed by atoms with Crippen molar-refractivity contribution in [3.63, 3.8) is 0 Å². The summed E-state index contributed by atoms with van der Waals surface area (Å²) >= 11 is 0. The number of aromatic nitrogens is 2. The Morgan fingerprint density at radius 1 is 1.08 bits per heavy atom. The molecule has 0 saturated carbocycles. The number of rotatable bonds is 10. The van der Waals surface area contributed by atoms with Crippen molar-refractivity contribution in [1.82, 2.24) is 15.3 Å². The van der Waals surface area contributed by atoms with Gasteiger partial charge in [0.25, 0.3) is 5.91 Å². The number of hydrogen-bond acceptors (Lipinski definition) is 7. The fraction of sp³-hybridized carbons (Fsp3) is 0.389. The third-order valence-corrected chi connectivity index (χ3v) is 3.62. The SMILES string of the molecule is COCCNc1nccc(C(=O)NCCc2ccc(OC)c(OC)c2)n1. The first kappa shape index (κ1) is 19.5. The molecule has 2 aromatic rings. The summed E-state index contributed by atoms with van der Waals surface area (Å²) in [4.78, 5) is 20.5. The normalized spacial score (nSPS) is 10.3. The van der Waals surface area contributed by atoms with Crippen LogP contribution in [0, 0.1) is 0 Å². The molecule has 2 N–H and O–H groups in total. The van der Waals surface area contributed by atoms with Crippen LogP contribution in [0.2, 0.25) is 0 Å². The summed E-state index contributed by atoms with van der Waals surface area (Å²) < 4.78 is 15.5. The van der Waals surface area contributed by atoms with Crippen molar-refractivity contribution in [3.05, 3.63) is 41.7 Å². The van der Waals surface area contributed by atoms with Crippen LogP contribution in [0.5, 0.6) is 11.5 Å². The van der Waals surface area contributed by atoms with Crippen LogP contribution in [0.1, 0.15) is 16.1 Å². The molecule has 1 amide bonds. The van der Waals surface area contributed by atoms with E-state index in [2.05, 4.69) is 20.6 Å². The van der Waals surface area contributed by atoms with E-state index in [1.807, 2.05) is 18.2 Å². The molecule has 0 fully saturated rings. The zero-order chi connectivity index (χ0) is 18.8. The largest absolute Gasteiger partial charge is 0.493 e. The molecule has 1 aromatic heterocycles. The molecule has 1 heterocycles. The Morgan fingerprint density at radius 2 is 1.88 bits per heavy atom. The summed E-state index contributed by atoms with van der Waals surface area (Å²) in [6, 6.07) is 7.26. The highest BCUT2D eigenvalue weighted by Gasteiger charge is 2.09. The number of methoxy groups -OCH3 is 3. The minimum Gasteiger partial charge on any atom is -0.493 e. The van der Waals surface area contributed by atoms with Gasteiger partial charge in [0.2, 0.25) is 5.95 Å². The molecule has 26 heavy (non-hydrogen) atoms. The second-order valence-corrected chi connectivity index (χ2v) is 5.38. The molecule has 0 aliphatic heterocycles. The number of amides is 1. The van der Waals surface area contributed by atoms with Crippen LogP contribution in [0.3, 0.4) is 0 Å². The Kier molecular flexibility index (Phi) is 7.63. The van der Waals surface area contributed by atoms with Gasteiger partial charge in [-0.2, -0.15) is 0 Å². The van der Waals surface area contributed by atoms with E-state index in [9.17, 15) is 4.79 Å². The molecule has 0 bridgehead atoms. The highest BCUT2D eigenvalue weighted by atomic mass is 16.5. The first-order valence-electron chi connectivity index (χ1n) is 8.23. The highest BCUT2D eigenvalue weighted by Crippen LogP contribution is 2.27. The molecular formula is C18H24N4O4. The molecule has 0 aliphatic rings. The molecule has 0 saturated heterocycles. The van der Waals surface area contributed by atoms with Gasteiger partial charge in [0.15, 0.2) is 11.5 Å². The zero-order valence-electron chi connectivity index (χ0n) is 15.2. The maximum absolute atomic E-state index is 12.2. The number of hydrogen-bond donors (Lipinski definition) is 2. The van der Waals surface area contributed by atoms with Gasteiger partial charge in [-0.1, -0.05) is 6.07 Å². The predicted molar refractivity (Wildman–Crippen MR) is 98.0 cm³/mol. The van der Waals surface area contributed by atoms with Crippen molar-refractivity contribution < 1.29 is 19.0 Å². The predicted octanol–water partition coefficient (Wildman–Crippen LogP) is 1.52. The van der Waals surface area contributed by atoms with E-state index < -0.39 is 0 Å². The maximum Gasteiger partial charge on any atom is 0.270 e. The maximum atomic E-state index is 12.2. The smallest absolute Gasteiger partial charge is 0.270 e. The molecular weight excluding hydrogens is 336 g/mol. The van der Waals surface area contributed by atoms with Gasteiger partial charge in [0.05, 0.1) is 20.8 Å². The molecule has 0 spiro atoms. The molecule has 2 rings (SSSR count). The monoisotopic (exact) mass is 360 g/mol. The minimum atomic E-state index is -0.248. The number of carbonyl (C=O) groups is 1. The Hall–Kier alpha value is -2.87. The molecule has 0 unspecified atom stereocenters. The van der Waals surface area contributed by atoms with Crippen LogP contribution in [0.25, 0.3) is 0 Å². The van der Waals surface area contributed by atoms with E-state index in [-0.39, 0.29) is 5.91 Å². The van der Waals surface area contributed by atoms with Crippen LogP contribution < -0.4 is 20.1 Å². The Morgan fingerprint density at radius 3 is 2.62 bits per heavy atom. The van der Waals surface area contributed by atoms with Crippen LogP contribution in [0.4, 0.5) is 5.95 Å². The molecule has 8 nitrogen and oxygen atoms in total. The average molecular weight is 360 g/mol. The standard InChI is InChI=1S/C18H24N4O4/c1-24-11-10-21-18-20-9-7-14(22-18)17(23)19-8-6-13-4-5-15(25-2)16(12-13)26-3/h4-5,7,9,12H,6,8,10-11H2,1-3H3,(H,19,23)(H,20,21,22). The van der Waals surface area contributed by atoms with Crippen LogP contribution in [-0.2, 0) is 11.2 Å². The lowest BCUT2D eigenvalue weighted by Gasteiger charge is -2.10. The van der Waals surface area contributed by atoms with E-state index in [0.717, 1.165) is 5.56 Å². The van der Waals surface area contributed by atoms with Crippen molar-refractivity contribution in [2.24, 2.45) is 0 Å². The lowest BCUT2D eigenvalue weighted by Crippen LogP contribution is -2.27. The van der Waals surface area contributed by atoms with Crippen molar-refractivity contribution in [3.8, 4) is 11.5 Å². The Bertz CT molecular complexity index is 724. The van der Waals surface area contributed by atoms with Crippen LogP contribution >= 0.6 is 0 Å². The van der Waals surface area contributed by atoms with E-state index in [4.69, 9.17) is 14.2 Å². The number of benzene rings is 1. The third kappa shape index (κ3) is 5.59. The van der Waals surface area contributed by atoms with Crippen molar-refractivity contribution >= 4 is 11.9 Å². The number of ether oxygens (including phenoxy) is 3. The zero-order valence-corrected chi connectivity index (χ0v) is 15.2. The first-order valence-corrected chi connectivity index (χ1v) is 8.23. The molecule has 0 aliphatic carbocycles. The lowest BCUT2D eigenvalue weighted by atomic mass is 10.1.